The van der Waals surface area contributed by atoms with Gasteiger partial charge in [-0.05, 0) is 84.0 Å². The number of halogens is 1. The van der Waals surface area contributed by atoms with E-state index in [4.69, 9.17) is 0 Å². The van der Waals surface area contributed by atoms with Crippen LogP contribution in [0.4, 0.5) is 0 Å². The average molecular weight is 399 g/mol. The van der Waals surface area contributed by atoms with Gasteiger partial charge < -0.3 is 5.32 Å². The summed E-state index contributed by atoms with van der Waals surface area (Å²) in [4.78, 5) is 1.51. The van der Waals surface area contributed by atoms with Crippen molar-refractivity contribution in [2.45, 2.75) is 38.6 Å². The molecule has 0 aliphatic rings. The number of likely N-dealkylation sites (N-methyl/N-ethyl adjacent to an activating group) is 1. The standard InChI is InChI=1S/C17H22INS/c1-2-19-16(5-3-6-17-7-4-12-20-17)13-14-8-10-15(18)11-9-14/h4,7-12,16,19H,2-3,5-6,13H2,1H3. The second kappa shape index (κ2) is 8.80. The molecule has 2 rings (SSSR count). The van der Waals surface area contributed by atoms with E-state index in [9.17, 15) is 0 Å². The first-order valence-corrected chi connectivity index (χ1v) is 9.24. The minimum Gasteiger partial charge on any atom is -0.314 e. The zero-order chi connectivity index (χ0) is 14.2. The summed E-state index contributed by atoms with van der Waals surface area (Å²) in [5, 5.41) is 5.80. The van der Waals surface area contributed by atoms with E-state index in [1.807, 2.05) is 11.3 Å². The Bertz CT molecular complexity index is 478. The van der Waals surface area contributed by atoms with Crippen molar-refractivity contribution in [2.24, 2.45) is 0 Å². The molecule has 1 aromatic heterocycles. The summed E-state index contributed by atoms with van der Waals surface area (Å²) in [7, 11) is 0. The van der Waals surface area contributed by atoms with Crippen molar-refractivity contribution >= 4 is 33.9 Å². The van der Waals surface area contributed by atoms with Gasteiger partial charge in [0.05, 0.1) is 0 Å². The molecule has 0 bridgehead atoms. The fourth-order valence-electron chi connectivity index (χ4n) is 2.45. The monoisotopic (exact) mass is 399 g/mol. The molecule has 0 aliphatic carbocycles. The number of benzene rings is 1. The predicted molar refractivity (Wildman–Crippen MR) is 97.6 cm³/mol. The number of nitrogens with one attached hydrogen (secondary N) is 1. The second-order valence-electron chi connectivity index (χ2n) is 5.06. The third-order valence-corrected chi connectivity index (χ3v) is 5.10. The van der Waals surface area contributed by atoms with Crippen LogP contribution in [0.2, 0.25) is 0 Å². The lowest BCUT2D eigenvalue weighted by molar-refractivity contribution is 0.477. The third-order valence-electron chi connectivity index (χ3n) is 3.44. The highest BCUT2D eigenvalue weighted by Crippen LogP contribution is 2.15. The fourth-order valence-corrected chi connectivity index (χ4v) is 3.56. The minimum atomic E-state index is 0.597. The molecule has 1 unspecified atom stereocenters. The summed E-state index contributed by atoms with van der Waals surface area (Å²) < 4.78 is 1.31. The minimum absolute atomic E-state index is 0.597. The molecule has 0 amide bonds. The summed E-state index contributed by atoms with van der Waals surface area (Å²) in [6, 6.07) is 13.9. The zero-order valence-corrected chi connectivity index (χ0v) is 14.9. The zero-order valence-electron chi connectivity index (χ0n) is 11.9. The van der Waals surface area contributed by atoms with E-state index in [0.717, 1.165) is 13.0 Å². The van der Waals surface area contributed by atoms with Crippen LogP contribution in [0.25, 0.3) is 0 Å². The van der Waals surface area contributed by atoms with E-state index in [-0.39, 0.29) is 0 Å². The van der Waals surface area contributed by atoms with Crippen molar-refractivity contribution in [1.29, 1.82) is 0 Å². The lowest BCUT2D eigenvalue weighted by atomic mass is 10.0. The largest absolute Gasteiger partial charge is 0.314 e. The smallest absolute Gasteiger partial charge is 0.0130 e. The Morgan fingerprint density at radius 2 is 2.00 bits per heavy atom. The number of hydrogen-bond donors (Lipinski definition) is 1. The van der Waals surface area contributed by atoms with Crippen molar-refractivity contribution in [2.75, 3.05) is 6.54 Å². The van der Waals surface area contributed by atoms with Gasteiger partial charge in [-0.25, -0.2) is 0 Å². The van der Waals surface area contributed by atoms with Crippen molar-refractivity contribution in [3.63, 3.8) is 0 Å². The lowest BCUT2D eigenvalue weighted by Crippen LogP contribution is -2.31. The highest BCUT2D eigenvalue weighted by molar-refractivity contribution is 14.1. The summed E-state index contributed by atoms with van der Waals surface area (Å²) in [6.07, 6.45) is 4.86. The molecule has 0 saturated carbocycles. The maximum absolute atomic E-state index is 3.63. The van der Waals surface area contributed by atoms with Crippen LogP contribution in [-0.4, -0.2) is 12.6 Å². The molecule has 108 valence electrons. The maximum atomic E-state index is 3.63. The first-order valence-electron chi connectivity index (χ1n) is 7.28. The van der Waals surface area contributed by atoms with Crippen LogP contribution < -0.4 is 5.32 Å². The van der Waals surface area contributed by atoms with E-state index >= 15 is 0 Å². The Morgan fingerprint density at radius 3 is 2.65 bits per heavy atom. The molecule has 1 nitrogen and oxygen atoms in total. The number of hydrogen-bond acceptors (Lipinski definition) is 2. The molecule has 0 aliphatic heterocycles. The summed E-state index contributed by atoms with van der Waals surface area (Å²) in [6.45, 7) is 3.24. The van der Waals surface area contributed by atoms with E-state index in [1.54, 1.807) is 0 Å². The second-order valence-corrected chi connectivity index (χ2v) is 7.33. The molecular weight excluding hydrogens is 377 g/mol. The van der Waals surface area contributed by atoms with Crippen LogP contribution in [0.5, 0.6) is 0 Å². The van der Waals surface area contributed by atoms with E-state index in [2.05, 4.69) is 76.6 Å². The van der Waals surface area contributed by atoms with Gasteiger partial charge in [0.1, 0.15) is 0 Å². The summed E-state index contributed by atoms with van der Waals surface area (Å²) in [5.41, 5.74) is 1.44. The SMILES string of the molecule is CCNC(CCCc1cccs1)Cc1ccc(I)cc1. The molecule has 0 spiro atoms. The van der Waals surface area contributed by atoms with Gasteiger partial charge in [0, 0.05) is 14.5 Å². The molecule has 1 heterocycles. The molecule has 20 heavy (non-hydrogen) atoms. The van der Waals surface area contributed by atoms with E-state index in [0.29, 0.717) is 6.04 Å². The molecule has 3 heteroatoms. The Kier molecular flexibility index (Phi) is 7.03. The van der Waals surface area contributed by atoms with E-state index in [1.165, 1.54) is 33.3 Å². The van der Waals surface area contributed by atoms with Crippen molar-refractivity contribution in [1.82, 2.24) is 5.32 Å². The summed E-state index contributed by atoms with van der Waals surface area (Å²) in [5.74, 6) is 0. The van der Waals surface area contributed by atoms with Crippen molar-refractivity contribution in [3.05, 3.63) is 55.8 Å². The first-order chi connectivity index (χ1) is 9.78. The highest BCUT2D eigenvalue weighted by atomic mass is 127. The number of rotatable bonds is 8. The molecule has 0 radical (unpaired) electrons. The van der Waals surface area contributed by atoms with E-state index < -0.39 is 0 Å². The van der Waals surface area contributed by atoms with Gasteiger partial charge in [-0.3, -0.25) is 0 Å². The van der Waals surface area contributed by atoms with Gasteiger partial charge in [0.2, 0.25) is 0 Å². The fraction of sp³-hybridized carbons (Fsp3) is 0.412. The molecule has 0 fully saturated rings. The Balaban J connectivity index is 1.81. The highest BCUT2D eigenvalue weighted by Gasteiger charge is 2.08. The molecule has 2 aromatic rings. The Labute approximate surface area is 139 Å². The Morgan fingerprint density at radius 1 is 1.20 bits per heavy atom. The van der Waals surface area contributed by atoms with Crippen molar-refractivity contribution in [3.8, 4) is 0 Å². The van der Waals surface area contributed by atoms with Gasteiger partial charge in [-0.2, -0.15) is 0 Å². The predicted octanol–water partition coefficient (Wildman–Crippen LogP) is 4.90. The number of thiophene rings is 1. The van der Waals surface area contributed by atoms with Crippen LogP contribution in [-0.2, 0) is 12.8 Å². The van der Waals surface area contributed by atoms with Crippen LogP contribution >= 0.6 is 33.9 Å². The van der Waals surface area contributed by atoms with Crippen LogP contribution in [0.3, 0.4) is 0 Å². The van der Waals surface area contributed by atoms with Crippen LogP contribution in [0.15, 0.2) is 41.8 Å². The third kappa shape index (κ3) is 5.54. The lowest BCUT2D eigenvalue weighted by Gasteiger charge is -2.18. The van der Waals surface area contributed by atoms with Crippen molar-refractivity contribution < 1.29 is 0 Å². The Hall–Kier alpha value is -0.390. The quantitative estimate of drug-likeness (QED) is 0.623. The van der Waals surface area contributed by atoms with Gasteiger partial charge in [0.25, 0.3) is 0 Å². The van der Waals surface area contributed by atoms with Gasteiger partial charge >= 0.3 is 0 Å². The first kappa shape index (κ1) is 16.0. The van der Waals surface area contributed by atoms with Crippen LogP contribution in [0.1, 0.15) is 30.2 Å². The maximum Gasteiger partial charge on any atom is 0.0130 e. The van der Waals surface area contributed by atoms with Gasteiger partial charge in [-0.1, -0.05) is 25.1 Å². The van der Waals surface area contributed by atoms with Crippen LogP contribution in [0, 0.1) is 3.57 Å². The number of aryl methyl sites for hydroxylation is 1. The molecule has 1 atom stereocenters. The molecular formula is C17H22INS. The topological polar surface area (TPSA) is 12.0 Å². The van der Waals surface area contributed by atoms with Gasteiger partial charge in [0.15, 0.2) is 0 Å². The molecule has 1 aromatic carbocycles. The average Bonchev–Trinajstić information content (AvgIpc) is 2.95. The summed E-state index contributed by atoms with van der Waals surface area (Å²) >= 11 is 4.23. The normalized spacial score (nSPS) is 12.5. The molecule has 0 saturated heterocycles. The molecule has 1 N–H and O–H groups in total. The van der Waals surface area contributed by atoms with Gasteiger partial charge in [-0.15, -0.1) is 11.3 Å².